The summed E-state index contributed by atoms with van der Waals surface area (Å²) in [4.78, 5) is 2.10. The number of ether oxygens (including phenoxy) is 1. The number of aliphatic hydroxyl groups is 1. The number of hydrogen-bond donors (Lipinski definition) is 1. The molecule has 3 heteroatoms. The number of likely N-dealkylation sites (tertiary alicyclic amines) is 1. The Morgan fingerprint density at radius 3 is 2.64 bits per heavy atom. The fourth-order valence-electron chi connectivity index (χ4n) is 1.63. The van der Waals surface area contributed by atoms with E-state index in [2.05, 4.69) is 11.5 Å². The highest BCUT2D eigenvalue weighted by atomic mass is 16.5. The minimum atomic E-state index is -0.186. The monoisotopic (exact) mass is 199 g/mol. The molecule has 3 nitrogen and oxygen atoms in total. The lowest BCUT2D eigenvalue weighted by Crippen LogP contribution is -2.28. The van der Waals surface area contributed by atoms with Gasteiger partial charge in [0.15, 0.2) is 5.88 Å². The molecule has 1 atom stereocenters. The maximum atomic E-state index is 9.00. The van der Waals surface area contributed by atoms with Crippen molar-refractivity contribution in [1.29, 1.82) is 0 Å². The van der Waals surface area contributed by atoms with Gasteiger partial charge in [-0.05, 0) is 33.8 Å². The Hall–Kier alpha value is -0.700. The summed E-state index contributed by atoms with van der Waals surface area (Å²) in [5.74, 6) is 1.11. The van der Waals surface area contributed by atoms with Gasteiger partial charge in [0.05, 0.1) is 0 Å². The Balaban J connectivity index is 2.40. The van der Waals surface area contributed by atoms with Crippen LogP contribution in [0, 0.1) is 5.92 Å². The Morgan fingerprint density at radius 1 is 1.57 bits per heavy atom. The van der Waals surface area contributed by atoms with Crippen LogP contribution < -0.4 is 0 Å². The van der Waals surface area contributed by atoms with E-state index in [9.17, 15) is 0 Å². The summed E-state index contributed by atoms with van der Waals surface area (Å²) in [7, 11) is 0. The zero-order chi connectivity index (χ0) is 10.8. The van der Waals surface area contributed by atoms with Crippen molar-refractivity contribution < 1.29 is 9.84 Å². The molecule has 82 valence electrons. The van der Waals surface area contributed by atoms with Crippen LogP contribution in [0.25, 0.3) is 0 Å². The van der Waals surface area contributed by atoms with E-state index in [1.165, 1.54) is 0 Å². The lowest BCUT2D eigenvalue weighted by atomic mass is 10.1. The fraction of sp³-hybridized carbons (Fsp3) is 0.818. The Bertz CT molecular complexity index is 208. The van der Waals surface area contributed by atoms with Crippen molar-refractivity contribution in [2.75, 3.05) is 19.7 Å². The Morgan fingerprint density at radius 2 is 2.21 bits per heavy atom. The molecule has 0 amide bonds. The third-order valence-corrected chi connectivity index (χ3v) is 2.32. The van der Waals surface area contributed by atoms with Crippen molar-refractivity contribution in [3.05, 3.63) is 12.5 Å². The van der Waals surface area contributed by atoms with E-state index < -0.39 is 0 Å². The van der Waals surface area contributed by atoms with E-state index in [-0.39, 0.29) is 12.2 Å². The van der Waals surface area contributed by atoms with Gasteiger partial charge in [-0.15, -0.1) is 0 Å². The lowest BCUT2D eigenvalue weighted by molar-refractivity contribution is 0.00750. The highest BCUT2D eigenvalue weighted by Gasteiger charge is 2.25. The molecule has 1 aliphatic rings. The quantitative estimate of drug-likeness (QED) is 0.701. The zero-order valence-corrected chi connectivity index (χ0v) is 9.42. The third-order valence-electron chi connectivity index (χ3n) is 2.32. The van der Waals surface area contributed by atoms with E-state index in [0.29, 0.717) is 5.92 Å². The predicted octanol–water partition coefficient (Wildman–Crippen LogP) is 1.59. The molecule has 1 fully saturated rings. The molecule has 1 aliphatic heterocycles. The molecule has 1 saturated heterocycles. The molecule has 0 spiro atoms. The summed E-state index contributed by atoms with van der Waals surface area (Å²) in [5.41, 5.74) is -0.186. The molecule has 0 aliphatic carbocycles. The van der Waals surface area contributed by atoms with Gasteiger partial charge >= 0.3 is 0 Å². The second kappa shape index (κ2) is 4.22. The van der Waals surface area contributed by atoms with Crippen LogP contribution in [-0.4, -0.2) is 35.3 Å². The lowest BCUT2D eigenvalue weighted by Gasteiger charge is -2.28. The molecule has 1 heterocycles. The van der Waals surface area contributed by atoms with E-state index in [4.69, 9.17) is 9.84 Å². The van der Waals surface area contributed by atoms with Gasteiger partial charge in [0, 0.05) is 25.6 Å². The van der Waals surface area contributed by atoms with Crippen LogP contribution in [0.1, 0.15) is 27.2 Å². The molecule has 0 aromatic rings. The summed E-state index contributed by atoms with van der Waals surface area (Å²) in [6.45, 7) is 12.0. The average Bonchev–Trinajstić information content (AvgIpc) is 2.48. The standard InChI is InChI=1S/C11H21NO2/c1-9(14-11(2,3)4)12-6-5-10(7-12)8-13/h10,13H,1,5-8H2,2-4H3. The molecular weight excluding hydrogens is 178 g/mol. The second-order valence-electron chi connectivity index (χ2n) is 4.89. The first-order valence-corrected chi connectivity index (χ1v) is 5.16. The van der Waals surface area contributed by atoms with Crippen LogP contribution in [0.4, 0.5) is 0 Å². The van der Waals surface area contributed by atoms with Gasteiger partial charge in [0.2, 0.25) is 0 Å². The topological polar surface area (TPSA) is 32.7 Å². The molecule has 0 aromatic heterocycles. The first-order chi connectivity index (χ1) is 6.42. The van der Waals surface area contributed by atoms with Gasteiger partial charge in [-0.3, -0.25) is 0 Å². The van der Waals surface area contributed by atoms with Gasteiger partial charge in [-0.1, -0.05) is 0 Å². The number of aliphatic hydroxyl groups excluding tert-OH is 1. The third kappa shape index (κ3) is 3.22. The van der Waals surface area contributed by atoms with Crippen molar-refractivity contribution in [2.45, 2.75) is 32.8 Å². The largest absolute Gasteiger partial charge is 0.474 e. The second-order valence-corrected chi connectivity index (χ2v) is 4.89. The van der Waals surface area contributed by atoms with Crippen LogP contribution in [0.3, 0.4) is 0 Å². The minimum Gasteiger partial charge on any atom is -0.474 e. The van der Waals surface area contributed by atoms with E-state index in [1.807, 2.05) is 20.8 Å². The number of hydrogen-bond acceptors (Lipinski definition) is 3. The van der Waals surface area contributed by atoms with Gasteiger partial charge in [0.25, 0.3) is 0 Å². The van der Waals surface area contributed by atoms with Crippen molar-refractivity contribution in [3.8, 4) is 0 Å². The van der Waals surface area contributed by atoms with Gasteiger partial charge in [0.1, 0.15) is 5.60 Å². The normalized spacial score (nSPS) is 22.6. The molecule has 1 N–H and O–H groups in total. The maximum Gasteiger partial charge on any atom is 0.182 e. The average molecular weight is 199 g/mol. The summed E-state index contributed by atoms with van der Waals surface area (Å²) in [5, 5.41) is 9.00. The molecule has 0 saturated carbocycles. The van der Waals surface area contributed by atoms with E-state index in [1.54, 1.807) is 0 Å². The molecule has 0 aromatic carbocycles. The summed E-state index contributed by atoms with van der Waals surface area (Å²) < 4.78 is 5.66. The van der Waals surface area contributed by atoms with Crippen molar-refractivity contribution in [2.24, 2.45) is 5.92 Å². The van der Waals surface area contributed by atoms with Crippen LogP contribution in [0.15, 0.2) is 12.5 Å². The van der Waals surface area contributed by atoms with Gasteiger partial charge < -0.3 is 14.7 Å². The minimum absolute atomic E-state index is 0.186. The van der Waals surface area contributed by atoms with E-state index >= 15 is 0 Å². The number of rotatable bonds is 3. The van der Waals surface area contributed by atoms with Crippen molar-refractivity contribution in [3.63, 3.8) is 0 Å². The zero-order valence-electron chi connectivity index (χ0n) is 9.42. The summed E-state index contributed by atoms with van der Waals surface area (Å²) in [6.07, 6.45) is 1.03. The fourth-order valence-corrected chi connectivity index (χ4v) is 1.63. The summed E-state index contributed by atoms with van der Waals surface area (Å²) in [6, 6.07) is 0. The predicted molar refractivity (Wildman–Crippen MR) is 56.7 cm³/mol. The molecule has 1 rings (SSSR count). The number of nitrogens with zero attached hydrogens (tertiary/aromatic N) is 1. The molecule has 0 radical (unpaired) electrons. The molecule has 14 heavy (non-hydrogen) atoms. The van der Waals surface area contributed by atoms with Crippen LogP contribution >= 0.6 is 0 Å². The summed E-state index contributed by atoms with van der Waals surface area (Å²) >= 11 is 0. The van der Waals surface area contributed by atoms with Gasteiger partial charge in [-0.2, -0.15) is 0 Å². The SMILES string of the molecule is C=C(OC(C)(C)C)N1CCC(CO)C1. The molecule has 1 unspecified atom stereocenters. The molecular formula is C11H21NO2. The van der Waals surface area contributed by atoms with Crippen LogP contribution in [0.2, 0.25) is 0 Å². The Kier molecular flexibility index (Phi) is 3.43. The Labute approximate surface area is 86.4 Å². The molecule has 0 bridgehead atoms. The maximum absolute atomic E-state index is 9.00. The van der Waals surface area contributed by atoms with Crippen LogP contribution in [0.5, 0.6) is 0 Å². The van der Waals surface area contributed by atoms with Crippen molar-refractivity contribution >= 4 is 0 Å². The highest BCUT2D eigenvalue weighted by molar-refractivity contribution is 4.91. The van der Waals surface area contributed by atoms with E-state index in [0.717, 1.165) is 25.4 Å². The van der Waals surface area contributed by atoms with Crippen molar-refractivity contribution in [1.82, 2.24) is 4.90 Å². The highest BCUT2D eigenvalue weighted by Crippen LogP contribution is 2.22. The van der Waals surface area contributed by atoms with Crippen LogP contribution in [-0.2, 0) is 4.74 Å². The first kappa shape index (κ1) is 11.4. The van der Waals surface area contributed by atoms with Gasteiger partial charge in [-0.25, -0.2) is 0 Å². The first-order valence-electron chi connectivity index (χ1n) is 5.16. The smallest absolute Gasteiger partial charge is 0.182 e.